The number of sulfonamides is 1. The van der Waals surface area contributed by atoms with E-state index in [1.165, 1.54) is 6.07 Å². The smallest absolute Gasteiger partial charge is 0.315 e. The first-order valence-corrected chi connectivity index (χ1v) is 14.7. The van der Waals surface area contributed by atoms with Crippen LogP contribution in [0, 0.1) is 0 Å². The zero-order valence-corrected chi connectivity index (χ0v) is 21.6. The SMILES string of the molecule is N[C@H](CCNS(=O)(=O)c1ccccc1NC(=O)CCCC[C@H]1SCC2NC(=O)NC21)c1ccccc1. The summed E-state index contributed by atoms with van der Waals surface area (Å²) in [5.74, 6) is 0.683. The van der Waals surface area contributed by atoms with E-state index in [1.807, 2.05) is 42.1 Å². The molecule has 194 valence electrons. The molecule has 2 saturated heterocycles. The van der Waals surface area contributed by atoms with Gasteiger partial charge in [0.1, 0.15) is 4.90 Å². The van der Waals surface area contributed by atoms with Crippen LogP contribution in [-0.4, -0.2) is 50.0 Å². The predicted molar refractivity (Wildman–Crippen MR) is 142 cm³/mol. The summed E-state index contributed by atoms with van der Waals surface area (Å²) in [6.45, 7) is 0.178. The van der Waals surface area contributed by atoms with E-state index in [0.29, 0.717) is 24.5 Å². The third-order valence-corrected chi connectivity index (χ3v) is 9.53. The van der Waals surface area contributed by atoms with Gasteiger partial charge in [-0.2, -0.15) is 11.8 Å². The lowest BCUT2D eigenvalue weighted by Gasteiger charge is -2.16. The summed E-state index contributed by atoms with van der Waals surface area (Å²) in [5.41, 5.74) is 7.38. The lowest BCUT2D eigenvalue weighted by atomic mass is 10.0. The summed E-state index contributed by atoms with van der Waals surface area (Å²) in [4.78, 5) is 24.1. The molecule has 0 aliphatic carbocycles. The lowest BCUT2D eigenvalue weighted by Crippen LogP contribution is -2.36. The van der Waals surface area contributed by atoms with Gasteiger partial charge in [0, 0.05) is 30.0 Å². The monoisotopic (exact) mass is 531 g/mol. The van der Waals surface area contributed by atoms with Crippen LogP contribution in [0.15, 0.2) is 59.5 Å². The second-order valence-electron chi connectivity index (χ2n) is 9.12. The van der Waals surface area contributed by atoms with Gasteiger partial charge in [-0.3, -0.25) is 4.79 Å². The predicted octanol–water partition coefficient (Wildman–Crippen LogP) is 2.72. The number of anilines is 1. The van der Waals surface area contributed by atoms with Gasteiger partial charge in [-0.25, -0.2) is 17.9 Å². The van der Waals surface area contributed by atoms with Gasteiger partial charge in [-0.15, -0.1) is 0 Å². The number of rotatable bonds is 12. The number of nitrogens with one attached hydrogen (secondary N) is 4. The Hall–Kier alpha value is -2.60. The highest BCUT2D eigenvalue weighted by Crippen LogP contribution is 2.33. The quantitative estimate of drug-likeness (QED) is 0.211. The van der Waals surface area contributed by atoms with Gasteiger partial charge in [0.25, 0.3) is 0 Å². The Morgan fingerprint density at radius 2 is 1.83 bits per heavy atom. The Balaban J connectivity index is 1.23. The fourth-order valence-corrected chi connectivity index (χ4v) is 7.34. The normalized spacial score (nSPS) is 21.9. The van der Waals surface area contributed by atoms with Crippen molar-refractivity contribution in [3.8, 4) is 0 Å². The zero-order chi connectivity index (χ0) is 25.5. The number of unbranched alkanes of at least 4 members (excludes halogenated alkanes) is 1. The Labute approximate surface area is 216 Å². The Kier molecular flexibility index (Phi) is 8.89. The third-order valence-electron chi connectivity index (χ3n) is 6.51. The highest BCUT2D eigenvalue weighted by molar-refractivity contribution is 8.00. The van der Waals surface area contributed by atoms with Gasteiger partial charge < -0.3 is 21.7 Å². The Morgan fingerprint density at radius 3 is 2.64 bits per heavy atom. The molecule has 4 rings (SSSR count). The number of nitrogens with two attached hydrogens (primary N) is 1. The van der Waals surface area contributed by atoms with E-state index in [0.717, 1.165) is 24.2 Å². The maximum absolute atomic E-state index is 12.9. The van der Waals surface area contributed by atoms with Crippen molar-refractivity contribution in [2.24, 2.45) is 5.73 Å². The molecule has 2 aliphatic rings. The summed E-state index contributed by atoms with van der Waals surface area (Å²) in [5, 5.41) is 9.02. The number of hydrogen-bond donors (Lipinski definition) is 5. The topological polar surface area (TPSA) is 142 Å². The van der Waals surface area contributed by atoms with E-state index in [1.54, 1.807) is 18.2 Å². The highest BCUT2D eigenvalue weighted by atomic mass is 32.2. The van der Waals surface area contributed by atoms with Gasteiger partial charge in [-0.1, -0.05) is 48.9 Å². The molecule has 11 heteroatoms. The number of para-hydroxylation sites is 1. The average molecular weight is 532 g/mol. The largest absolute Gasteiger partial charge is 0.332 e. The van der Waals surface area contributed by atoms with Crippen LogP contribution in [0.25, 0.3) is 0 Å². The maximum Gasteiger partial charge on any atom is 0.315 e. The number of hydrogen-bond acceptors (Lipinski definition) is 6. The van der Waals surface area contributed by atoms with Crippen molar-refractivity contribution < 1.29 is 18.0 Å². The van der Waals surface area contributed by atoms with Crippen molar-refractivity contribution in [2.75, 3.05) is 17.6 Å². The molecule has 0 radical (unpaired) electrons. The van der Waals surface area contributed by atoms with Crippen LogP contribution >= 0.6 is 11.8 Å². The molecular formula is C25H33N5O4S2. The van der Waals surface area contributed by atoms with Crippen LogP contribution < -0.4 is 26.4 Å². The van der Waals surface area contributed by atoms with Crippen molar-refractivity contribution >= 4 is 39.4 Å². The lowest BCUT2D eigenvalue weighted by molar-refractivity contribution is -0.116. The molecule has 2 aliphatic heterocycles. The number of benzene rings is 2. The molecule has 2 fully saturated rings. The van der Waals surface area contributed by atoms with E-state index in [9.17, 15) is 18.0 Å². The van der Waals surface area contributed by atoms with Crippen LogP contribution in [0.3, 0.4) is 0 Å². The standard InChI is InChI=1S/C25H33N5O4S2/c26-18(17-8-2-1-3-9-17)14-15-27-36(33,34)22-12-6-4-10-19(22)28-23(31)13-7-5-11-21-24-20(16-35-21)29-25(32)30-24/h1-4,6,8-10,12,18,20-21,24,27H,5,7,11,13-16,26H2,(H,28,31)(H2,29,30,32)/t18-,20?,21-,24?/m1/s1. The maximum atomic E-state index is 12.9. The van der Waals surface area contributed by atoms with Gasteiger partial charge in [0.15, 0.2) is 0 Å². The fourth-order valence-electron chi connectivity index (χ4n) is 4.58. The van der Waals surface area contributed by atoms with Gasteiger partial charge >= 0.3 is 6.03 Å². The molecule has 2 aromatic carbocycles. The fraction of sp³-hybridized carbons (Fsp3) is 0.440. The summed E-state index contributed by atoms with van der Waals surface area (Å²) in [7, 11) is -3.83. The third kappa shape index (κ3) is 6.78. The van der Waals surface area contributed by atoms with Crippen molar-refractivity contribution in [2.45, 2.75) is 60.4 Å². The van der Waals surface area contributed by atoms with Gasteiger partial charge in [-0.05, 0) is 37.0 Å². The summed E-state index contributed by atoms with van der Waals surface area (Å²) in [6, 6.07) is 15.9. The molecule has 36 heavy (non-hydrogen) atoms. The molecular weight excluding hydrogens is 498 g/mol. The molecule has 3 amide bonds. The van der Waals surface area contributed by atoms with Crippen molar-refractivity contribution in [3.63, 3.8) is 0 Å². The molecule has 2 aromatic rings. The van der Waals surface area contributed by atoms with Crippen LogP contribution in [0.2, 0.25) is 0 Å². The summed E-state index contributed by atoms with van der Waals surface area (Å²) >= 11 is 1.85. The minimum atomic E-state index is -3.83. The van der Waals surface area contributed by atoms with Crippen molar-refractivity contribution in [1.29, 1.82) is 0 Å². The van der Waals surface area contributed by atoms with Gasteiger partial charge in [0.05, 0.1) is 17.8 Å². The van der Waals surface area contributed by atoms with E-state index >= 15 is 0 Å². The molecule has 2 unspecified atom stereocenters. The summed E-state index contributed by atoms with van der Waals surface area (Å²) in [6.07, 6.45) is 3.20. The Morgan fingerprint density at radius 1 is 1.08 bits per heavy atom. The second-order valence-corrected chi connectivity index (χ2v) is 12.1. The number of carbonyl (C=O) groups is 2. The van der Waals surface area contributed by atoms with E-state index in [-0.39, 0.29) is 47.2 Å². The number of carbonyl (C=O) groups excluding carboxylic acids is 2. The molecule has 9 nitrogen and oxygen atoms in total. The van der Waals surface area contributed by atoms with Gasteiger partial charge in [0.2, 0.25) is 15.9 Å². The number of thioether (sulfide) groups is 1. The average Bonchev–Trinajstić information content (AvgIpc) is 3.41. The van der Waals surface area contributed by atoms with E-state index < -0.39 is 10.0 Å². The van der Waals surface area contributed by atoms with E-state index in [4.69, 9.17) is 5.73 Å². The summed E-state index contributed by atoms with van der Waals surface area (Å²) < 4.78 is 28.5. The van der Waals surface area contributed by atoms with Crippen LogP contribution in [0.5, 0.6) is 0 Å². The first kappa shape index (κ1) is 26.5. The first-order chi connectivity index (χ1) is 17.3. The molecule has 0 aromatic heterocycles. The Bertz CT molecular complexity index is 1160. The molecule has 2 heterocycles. The van der Waals surface area contributed by atoms with Crippen molar-refractivity contribution in [3.05, 3.63) is 60.2 Å². The molecule has 0 saturated carbocycles. The minimum absolute atomic E-state index is 0.0319. The first-order valence-electron chi connectivity index (χ1n) is 12.2. The number of fused-ring (bicyclic) bond motifs is 1. The second kappa shape index (κ2) is 12.1. The number of urea groups is 1. The van der Waals surface area contributed by atoms with Crippen LogP contribution in [0.4, 0.5) is 10.5 Å². The number of amides is 3. The molecule has 6 N–H and O–H groups in total. The zero-order valence-electron chi connectivity index (χ0n) is 20.0. The molecule has 0 spiro atoms. The van der Waals surface area contributed by atoms with Crippen molar-refractivity contribution in [1.82, 2.24) is 15.4 Å². The van der Waals surface area contributed by atoms with E-state index in [2.05, 4.69) is 20.7 Å². The minimum Gasteiger partial charge on any atom is -0.332 e. The van der Waals surface area contributed by atoms with Crippen LogP contribution in [0.1, 0.15) is 43.7 Å². The molecule has 0 bridgehead atoms. The molecule has 4 atom stereocenters. The van der Waals surface area contributed by atoms with Crippen LogP contribution in [-0.2, 0) is 14.8 Å². The highest BCUT2D eigenvalue weighted by Gasteiger charge is 2.42.